The number of aromatic amines is 1. The minimum absolute atomic E-state index is 0.0684. The largest absolute Gasteiger partial charge is 0.450 e. The Morgan fingerprint density at radius 1 is 1.07 bits per heavy atom. The molecule has 8 nitrogen and oxygen atoms in total. The van der Waals surface area contributed by atoms with Gasteiger partial charge in [0.05, 0.1) is 0 Å². The summed E-state index contributed by atoms with van der Waals surface area (Å²) < 4.78 is 10.3. The molecular weight excluding hydrogens is 386 g/mol. The van der Waals surface area contributed by atoms with Crippen molar-refractivity contribution in [3.05, 3.63) is 71.9 Å². The number of amides is 2. The van der Waals surface area contributed by atoms with Gasteiger partial charge in [-0.1, -0.05) is 48.5 Å². The third-order valence-corrected chi connectivity index (χ3v) is 4.56. The predicted octanol–water partition coefficient (Wildman–Crippen LogP) is 2.42. The van der Waals surface area contributed by atoms with E-state index in [-0.39, 0.29) is 13.0 Å². The van der Waals surface area contributed by atoms with Gasteiger partial charge in [-0.3, -0.25) is 4.79 Å². The summed E-state index contributed by atoms with van der Waals surface area (Å²) in [6.07, 6.45) is -0.0651. The molecule has 0 aliphatic rings. The number of carbonyl (C=O) groups is 3. The first-order valence-corrected chi connectivity index (χ1v) is 9.46. The molecule has 8 heteroatoms. The number of alkyl carbamates (subject to hydrolysis) is 1. The maximum absolute atomic E-state index is 12.4. The highest BCUT2D eigenvalue weighted by molar-refractivity contribution is 5.87. The van der Waals surface area contributed by atoms with Gasteiger partial charge >= 0.3 is 12.1 Å². The molecule has 156 valence electrons. The lowest BCUT2D eigenvalue weighted by Gasteiger charge is -2.18. The van der Waals surface area contributed by atoms with Gasteiger partial charge in [-0.15, -0.1) is 0 Å². The van der Waals surface area contributed by atoms with E-state index in [2.05, 4.69) is 10.3 Å². The minimum Gasteiger partial charge on any atom is -0.450 e. The van der Waals surface area contributed by atoms with Gasteiger partial charge in [-0.25, -0.2) is 9.59 Å². The molecule has 2 atom stereocenters. The van der Waals surface area contributed by atoms with Crippen LogP contribution in [0.15, 0.2) is 60.8 Å². The maximum Gasteiger partial charge on any atom is 0.408 e. The number of rotatable bonds is 8. The highest BCUT2D eigenvalue weighted by atomic mass is 16.6. The zero-order valence-corrected chi connectivity index (χ0v) is 16.5. The first-order valence-electron chi connectivity index (χ1n) is 9.46. The summed E-state index contributed by atoms with van der Waals surface area (Å²) in [5.74, 6) is -1.55. The number of nitrogens with two attached hydrogens (primary N) is 1. The number of hydrogen-bond acceptors (Lipinski definition) is 5. The molecule has 3 rings (SSSR count). The fraction of sp³-hybridized carbons (Fsp3) is 0.227. The molecule has 0 unspecified atom stereocenters. The van der Waals surface area contributed by atoms with Crippen LogP contribution in [-0.2, 0) is 32.1 Å². The topological polar surface area (TPSA) is 124 Å². The average Bonchev–Trinajstić information content (AvgIpc) is 3.15. The zero-order chi connectivity index (χ0) is 21.5. The molecule has 0 bridgehead atoms. The molecule has 2 aromatic carbocycles. The van der Waals surface area contributed by atoms with Crippen LogP contribution < -0.4 is 11.1 Å². The van der Waals surface area contributed by atoms with Crippen molar-refractivity contribution in [2.45, 2.75) is 32.1 Å². The summed E-state index contributed by atoms with van der Waals surface area (Å²) in [6.45, 7) is 1.51. The number of H-pyrrole nitrogens is 1. The SMILES string of the molecule is C[C@H](NC(=O)OCc1ccccc1)C(=O)O[C@H](Cc1c[nH]c2ccccc12)C(N)=O. The Morgan fingerprint density at radius 2 is 1.77 bits per heavy atom. The number of fused-ring (bicyclic) bond motifs is 1. The van der Waals surface area contributed by atoms with Crippen molar-refractivity contribution in [1.29, 1.82) is 0 Å². The van der Waals surface area contributed by atoms with E-state index in [1.54, 1.807) is 6.20 Å². The molecule has 0 saturated carbocycles. The van der Waals surface area contributed by atoms with Crippen LogP contribution in [0.1, 0.15) is 18.1 Å². The van der Waals surface area contributed by atoms with Crippen LogP contribution in [0.4, 0.5) is 4.79 Å². The van der Waals surface area contributed by atoms with Crippen molar-refractivity contribution in [3.8, 4) is 0 Å². The van der Waals surface area contributed by atoms with E-state index in [0.717, 1.165) is 22.0 Å². The van der Waals surface area contributed by atoms with Gasteiger partial charge in [0, 0.05) is 23.5 Å². The summed E-state index contributed by atoms with van der Waals surface area (Å²) in [5.41, 5.74) is 7.93. The van der Waals surface area contributed by atoms with Crippen molar-refractivity contribution in [2.75, 3.05) is 0 Å². The first-order chi connectivity index (χ1) is 14.4. The number of carbonyl (C=O) groups excluding carboxylic acids is 3. The molecule has 0 radical (unpaired) electrons. The smallest absolute Gasteiger partial charge is 0.408 e. The van der Waals surface area contributed by atoms with E-state index in [1.807, 2.05) is 54.6 Å². The second-order valence-electron chi connectivity index (χ2n) is 6.82. The van der Waals surface area contributed by atoms with Crippen LogP contribution >= 0.6 is 0 Å². The zero-order valence-electron chi connectivity index (χ0n) is 16.5. The molecular formula is C22H23N3O5. The molecule has 3 aromatic rings. The fourth-order valence-electron chi connectivity index (χ4n) is 2.94. The number of nitrogens with one attached hydrogen (secondary N) is 2. The first kappa shape index (κ1) is 20.9. The van der Waals surface area contributed by atoms with Crippen LogP contribution in [-0.4, -0.2) is 35.1 Å². The summed E-state index contributed by atoms with van der Waals surface area (Å²) in [5, 5.41) is 3.30. The summed E-state index contributed by atoms with van der Waals surface area (Å²) in [7, 11) is 0. The Hall–Kier alpha value is -3.81. The molecule has 0 aliphatic heterocycles. The lowest BCUT2D eigenvalue weighted by molar-refractivity contribution is -0.156. The standard InChI is InChI=1S/C22H23N3O5/c1-14(25-22(28)29-13-15-7-3-2-4-8-15)21(27)30-19(20(23)26)11-16-12-24-18-10-6-5-9-17(16)18/h2-10,12,14,19,24H,11,13H2,1H3,(H2,23,26)(H,25,28)/t14-,19+/m0/s1. The van der Waals surface area contributed by atoms with Crippen molar-refractivity contribution < 1.29 is 23.9 Å². The number of esters is 1. The van der Waals surface area contributed by atoms with E-state index in [1.165, 1.54) is 6.92 Å². The van der Waals surface area contributed by atoms with E-state index in [4.69, 9.17) is 15.2 Å². The third-order valence-electron chi connectivity index (χ3n) is 4.56. The van der Waals surface area contributed by atoms with Crippen LogP contribution in [0.2, 0.25) is 0 Å². The van der Waals surface area contributed by atoms with Crippen molar-refractivity contribution >= 4 is 28.9 Å². The number of para-hydroxylation sites is 1. The lowest BCUT2D eigenvalue weighted by Crippen LogP contribution is -2.44. The fourth-order valence-corrected chi connectivity index (χ4v) is 2.94. The van der Waals surface area contributed by atoms with Gasteiger partial charge in [0.2, 0.25) is 0 Å². The van der Waals surface area contributed by atoms with E-state index >= 15 is 0 Å². The quantitative estimate of drug-likeness (QED) is 0.493. The normalized spacial score (nSPS) is 12.7. The highest BCUT2D eigenvalue weighted by Gasteiger charge is 2.26. The molecule has 0 fully saturated rings. The van der Waals surface area contributed by atoms with E-state index in [9.17, 15) is 14.4 Å². The molecule has 0 spiro atoms. The van der Waals surface area contributed by atoms with E-state index in [0.29, 0.717) is 0 Å². The highest BCUT2D eigenvalue weighted by Crippen LogP contribution is 2.20. The number of hydrogen-bond donors (Lipinski definition) is 3. The van der Waals surface area contributed by atoms with Gasteiger partial charge in [0.15, 0.2) is 6.10 Å². The second-order valence-corrected chi connectivity index (χ2v) is 6.82. The summed E-state index contributed by atoms with van der Waals surface area (Å²) in [4.78, 5) is 39.2. The molecule has 4 N–H and O–H groups in total. The number of aromatic nitrogens is 1. The van der Waals surface area contributed by atoms with Crippen molar-refractivity contribution in [1.82, 2.24) is 10.3 Å². The lowest BCUT2D eigenvalue weighted by atomic mass is 10.1. The van der Waals surface area contributed by atoms with Gasteiger partial charge in [-0.05, 0) is 24.1 Å². The Labute approximate surface area is 173 Å². The summed E-state index contributed by atoms with van der Waals surface area (Å²) in [6, 6.07) is 15.7. The summed E-state index contributed by atoms with van der Waals surface area (Å²) >= 11 is 0. The Balaban J connectivity index is 1.55. The Bertz CT molecular complexity index is 1030. The molecule has 0 saturated heterocycles. The van der Waals surface area contributed by atoms with Crippen LogP contribution in [0, 0.1) is 0 Å². The maximum atomic E-state index is 12.4. The molecule has 1 aromatic heterocycles. The van der Waals surface area contributed by atoms with Crippen LogP contribution in [0.25, 0.3) is 10.9 Å². The molecule has 2 amide bonds. The molecule has 1 heterocycles. The van der Waals surface area contributed by atoms with Crippen LogP contribution in [0.5, 0.6) is 0 Å². The van der Waals surface area contributed by atoms with E-state index < -0.39 is 30.1 Å². The molecule has 30 heavy (non-hydrogen) atoms. The second kappa shape index (κ2) is 9.60. The Morgan fingerprint density at radius 3 is 2.50 bits per heavy atom. The van der Waals surface area contributed by atoms with Gasteiger partial charge in [-0.2, -0.15) is 0 Å². The van der Waals surface area contributed by atoms with Gasteiger partial charge in [0.25, 0.3) is 5.91 Å². The third kappa shape index (κ3) is 5.38. The van der Waals surface area contributed by atoms with Crippen LogP contribution in [0.3, 0.4) is 0 Å². The van der Waals surface area contributed by atoms with Gasteiger partial charge in [0.1, 0.15) is 12.6 Å². The van der Waals surface area contributed by atoms with Gasteiger partial charge < -0.3 is 25.5 Å². The van der Waals surface area contributed by atoms with Crippen molar-refractivity contribution in [3.63, 3.8) is 0 Å². The minimum atomic E-state index is -1.17. The number of primary amides is 1. The average molecular weight is 409 g/mol. The number of benzene rings is 2. The monoisotopic (exact) mass is 409 g/mol. The Kier molecular flexibility index (Phi) is 6.69. The predicted molar refractivity (Wildman–Crippen MR) is 110 cm³/mol. The van der Waals surface area contributed by atoms with Crippen molar-refractivity contribution in [2.24, 2.45) is 5.73 Å². The number of ether oxygens (including phenoxy) is 2. The molecule has 0 aliphatic carbocycles.